The highest BCUT2D eigenvalue weighted by Gasteiger charge is 2.34. The number of benzene rings is 2. The van der Waals surface area contributed by atoms with Crippen molar-refractivity contribution >= 4 is 28.7 Å². The van der Waals surface area contributed by atoms with Gasteiger partial charge in [-0.2, -0.15) is 0 Å². The molecule has 0 saturated carbocycles. The van der Waals surface area contributed by atoms with E-state index in [-0.39, 0.29) is 17.5 Å². The van der Waals surface area contributed by atoms with Gasteiger partial charge in [-0.05, 0) is 56.4 Å². The smallest absolute Gasteiger partial charge is 0.269 e. The molecule has 1 atom stereocenters. The Kier molecular flexibility index (Phi) is 4.78. The second-order valence-corrected chi connectivity index (χ2v) is 7.11. The van der Waals surface area contributed by atoms with Crippen molar-refractivity contribution in [1.82, 2.24) is 5.32 Å². The van der Waals surface area contributed by atoms with Gasteiger partial charge in [-0.15, -0.1) is 0 Å². The molecule has 3 rings (SSSR count). The van der Waals surface area contributed by atoms with Gasteiger partial charge in [0.25, 0.3) is 5.69 Å². The first kappa shape index (κ1) is 18.1. The average Bonchev–Trinajstić information content (AvgIpc) is 2.55. The highest BCUT2D eigenvalue weighted by atomic mass is 32.1. The molecule has 8 heteroatoms. The van der Waals surface area contributed by atoms with Crippen LogP contribution in [0.15, 0.2) is 42.5 Å². The minimum Gasteiger partial charge on any atom is -0.487 e. The van der Waals surface area contributed by atoms with E-state index in [4.69, 9.17) is 17.0 Å². The third kappa shape index (κ3) is 4.08. The Morgan fingerprint density at radius 1 is 1.31 bits per heavy atom. The topological polar surface area (TPSA) is 76.4 Å². The molecule has 6 nitrogen and oxygen atoms in total. The first-order chi connectivity index (χ1) is 12.2. The molecule has 0 aromatic heterocycles. The maximum atomic E-state index is 13.7. The fourth-order valence-corrected chi connectivity index (χ4v) is 3.21. The Morgan fingerprint density at radius 3 is 2.65 bits per heavy atom. The molecular formula is C18H18FN3O3S. The van der Waals surface area contributed by atoms with Gasteiger partial charge in [0.2, 0.25) is 0 Å². The van der Waals surface area contributed by atoms with Crippen LogP contribution >= 0.6 is 12.2 Å². The summed E-state index contributed by atoms with van der Waals surface area (Å²) in [5.41, 5.74) is 0.909. The summed E-state index contributed by atoms with van der Waals surface area (Å²) in [4.78, 5) is 10.2. The summed E-state index contributed by atoms with van der Waals surface area (Å²) in [5.74, 6) is 0.284. The number of nitro groups is 1. The van der Waals surface area contributed by atoms with Crippen molar-refractivity contribution in [2.24, 2.45) is 0 Å². The van der Waals surface area contributed by atoms with Crippen LogP contribution in [0.2, 0.25) is 0 Å². The van der Waals surface area contributed by atoms with Crippen molar-refractivity contribution in [2.45, 2.75) is 31.9 Å². The minimum absolute atomic E-state index is 0.00464. The van der Waals surface area contributed by atoms with Gasteiger partial charge in [-0.25, -0.2) is 4.39 Å². The quantitative estimate of drug-likeness (QED) is 0.473. The second-order valence-electron chi connectivity index (χ2n) is 6.70. The van der Waals surface area contributed by atoms with E-state index < -0.39 is 10.5 Å². The summed E-state index contributed by atoms with van der Waals surface area (Å²) in [7, 11) is 0. The van der Waals surface area contributed by atoms with E-state index >= 15 is 0 Å². The zero-order valence-corrected chi connectivity index (χ0v) is 15.1. The number of anilines is 1. The summed E-state index contributed by atoms with van der Waals surface area (Å²) in [6, 6.07) is 10.2. The minimum atomic E-state index is -0.462. The van der Waals surface area contributed by atoms with E-state index in [0.29, 0.717) is 28.5 Å². The number of thiocarbonyl (C=S) groups is 1. The zero-order chi connectivity index (χ0) is 18.9. The van der Waals surface area contributed by atoms with Crippen LogP contribution in [0.25, 0.3) is 0 Å². The van der Waals surface area contributed by atoms with Crippen molar-refractivity contribution in [3.63, 3.8) is 0 Å². The van der Waals surface area contributed by atoms with Crippen LogP contribution in [0.4, 0.5) is 15.8 Å². The highest BCUT2D eigenvalue weighted by molar-refractivity contribution is 7.80. The van der Waals surface area contributed by atoms with Crippen LogP contribution in [-0.4, -0.2) is 15.6 Å². The largest absolute Gasteiger partial charge is 0.487 e. The number of halogens is 1. The normalized spacial score (nSPS) is 17.6. The number of rotatable bonds is 3. The van der Waals surface area contributed by atoms with Crippen LogP contribution in [-0.2, 0) is 0 Å². The molecule has 136 valence electrons. The van der Waals surface area contributed by atoms with Gasteiger partial charge in [0.05, 0.1) is 11.0 Å². The summed E-state index contributed by atoms with van der Waals surface area (Å²) in [6.45, 7) is 3.92. The Labute approximate surface area is 155 Å². The van der Waals surface area contributed by atoms with E-state index in [0.717, 1.165) is 0 Å². The Hall–Kier alpha value is -2.74. The summed E-state index contributed by atoms with van der Waals surface area (Å²) < 4.78 is 19.6. The van der Waals surface area contributed by atoms with Gasteiger partial charge in [0, 0.05) is 29.8 Å². The van der Waals surface area contributed by atoms with E-state index in [1.54, 1.807) is 18.2 Å². The maximum Gasteiger partial charge on any atom is 0.269 e. The van der Waals surface area contributed by atoms with E-state index in [1.165, 1.54) is 24.3 Å². The third-order valence-corrected chi connectivity index (χ3v) is 4.29. The Morgan fingerprint density at radius 2 is 2.00 bits per heavy atom. The predicted molar refractivity (Wildman–Crippen MR) is 101 cm³/mol. The molecule has 0 radical (unpaired) electrons. The lowest BCUT2D eigenvalue weighted by molar-refractivity contribution is -0.384. The zero-order valence-electron chi connectivity index (χ0n) is 14.3. The Balaban J connectivity index is 1.74. The van der Waals surface area contributed by atoms with Gasteiger partial charge in [0.15, 0.2) is 5.11 Å². The van der Waals surface area contributed by atoms with Gasteiger partial charge < -0.3 is 15.4 Å². The fraction of sp³-hybridized carbons (Fsp3) is 0.278. The van der Waals surface area contributed by atoms with Crippen molar-refractivity contribution in [3.05, 3.63) is 64.0 Å². The lowest BCUT2D eigenvalue weighted by Gasteiger charge is -2.38. The first-order valence-corrected chi connectivity index (χ1v) is 8.45. The van der Waals surface area contributed by atoms with Crippen LogP contribution in [0.1, 0.15) is 31.9 Å². The molecule has 26 heavy (non-hydrogen) atoms. The lowest BCUT2D eigenvalue weighted by atomic mass is 9.90. The number of ether oxygens (including phenoxy) is 1. The monoisotopic (exact) mass is 375 g/mol. The standard InChI is InChI=1S/C18H18FN3O3S/c1-18(2)10-15(14-9-11(19)3-8-16(14)25-18)21-17(26)20-12-4-6-13(7-5-12)22(23)24/h3-9,15H,10H2,1-2H3,(H2,20,21,26)/t15-/m1/s1. The summed E-state index contributed by atoms with van der Waals surface area (Å²) in [5, 5.41) is 17.2. The van der Waals surface area contributed by atoms with E-state index in [1.807, 2.05) is 13.8 Å². The molecule has 2 N–H and O–H groups in total. The Bertz CT molecular complexity index is 855. The summed E-state index contributed by atoms with van der Waals surface area (Å²) >= 11 is 5.35. The van der Waals surface area contributed by atoms with Crippen molar-refractivity contribution in [3.8, 4) is 5.75 Å². The summed E-state index contributed by atoms with van der Waals surface area (Å²) in [6.07, 6.45) is 0.603. The van der Waals surface area contributed by atoms with E-state index in [2.05, 4.69) is 10.6 Å². The van der Waals surface area contributed by atoms with Crippen LogP contribution in [0, 0.1) is 15.9 Å². The molecule has 1 aliphatic rings. The van der Waals surface area contributed by atoms with Crippen LogP contribution in [0.5, 0.6) is 5.75 Å². The van der Waals surface area contributed by atoms with Crippen LogP contribution in [0.3, 0.4) is 0 Å². The molecule has 0 fully saturated rings. The van der Waals surface area contributed by atoms with Crippen molar-refractivity contribution in [2.75, 3.05) is 5.32 Å². The molecule has 0 spiro atoms. The third-order valence-electron chi connectivity index (χ3n) is 4.07. The number of hydrogen-bond donors (Lipinski definition) is 2. The fourth-order valence-electron chi connectivity index (χ4n) is 2.95. The molecule has 0 unspecified atom stereocenters. The van der Waals surface area contributed by atoms with Gasteiger partial charge in [0.1, 0.15) is 17.2 Å². The molecular weight excluding hydrogens is 357 g/mol. The maximum absolute atomic E-state index is 13.7. The molecule has 0 amide bonds. The SMILES string of the molecule is CC1(C)C[C@@H](NC(=S)Nc2ccc([N+](=O)[O-])cc2)c2cc(F)ccc2O1. The number of nitrogens with zero attached hydrogens (tertiary/aromatic N) is 1. The van der Waals surface area contributed by atoms with Crippen LogP contribution < -0.4 is 15.4 Å². The molecule has 2 aromatic rings. The predicted octanol–water partition coefficient (Wildman–Crippen LogP) is 4.32. The van der Waals surface area contributed by atoms with Crippen molar-refractivity contribution < 1.29 is 14.1 Å². The number of nitrogens with one attached hydrogen (secondary N) is 2. The lowest BCUT2D eigenvalue weighted by Crippen LogP contribution is -2.42. The number of non-ortho nitro benzene ring substituents is 1. The first-order valence-electron chi connectivity index (χ1n) is 8.04. The number of fused-ring (bicyclic) bond motifs is 1. The molecule has 2 aromatic carbocycles. The molecule has 1 aliphatic heterocycles. The number of nitro benzene ring substituents is 1. The molecule has 0 aliphatic carbocycles. The highest BCUT2D eigenvalue weighted by Crippen LogP contribution is 2.39. The molecule has 0 saturated heterocycles. The molecule has 1 heterocycles. The van der Waals surface area contributed by atoms with Gasteiger partial charge >= 0.3 is 0 Å². The van der Waals surface area contributed by atoms with Gasteiger partial charge in [-0.3, -0.25) is 10.1 Å². The average molecular weight is 375 g/mol. The second kappa shape index (κ2) is 6.87. The van der Waals surface area contributed by atoms with E-state index in [9.17, 15) is 14.5 Å². The van der Waals surface area contributed by atoms with Crippen molar-refractivity contribution in [1.29, 1.82) is 0 Å². The molecule has 0 bridgehead atoms. The van der Waals surface area contributed by atoms with Gasteiger partial charge in [-0.1, -0.05) is 0 Å². The number of hydrogen-bond acceptors (Lipinski definition) is 4.